The van der Waals surface area contributed by atoms with Crippen molar-refractivity contribution in [2.24, 2.45) is 17.3 Å². The first-order valence-corrected chi connectivity index (χ1v) is 8.67. The van der Waals surface area contributed by atoms with Gasteiger partial charge < -0.3 is 15.2 Å². The summed E-state index contributed by atoms with van der Waals surface area (Å²) in [7, 11) is 1.67. The van der Waals surface area contributed by atoms with E-state index in [0.717, 1.165) is 38.5 Å². The number of rotatable bonds is 7. The summed E-state index contributed by atoms with van der Waals surface area (Å²) in [6.45, 7) is 9.82. The van der Waals surface area contributed by atoms with E-state index in [4.69, 9.17) is 4.74 Å². The predicted octanol–water partition coefficient (Wildman–Crippen LogP) is 3.13. The number of aliphatic hydroxyl groups is 1. The van der Waals surface area contributed by atoms with Gasteiger partial charge in [0.1, 0.15) is 0 Å². The average Bonchev–Trinajstić information content (AvgIpc) is 2.44. The zero-order chi connectivity index (χ0) is 16.8. The van der Waals surface area contributed by atoms with Crippen molar-refractivity contribution in [3.05, 3.63) is 0 Å². The molecule has 1 unspecified atom stereocenters. The third-order valence-electron chi connectivity index (χ3n) is 5.17. The average molecular weight is 313 g/mol. The number of amides is 1. The van der Waals surface area contributed by atoms with Crippen molar-refractivity contribution in [2.75, 3.05) is 20.3 Å². The predicted molar refractivity (Wildman–Crippen MR) is 89.6 cm³/mol. The smallest absolute Gasteiger partial charge is 0.222 e. The van der Waals surface area contributed by atoms with Crippen LogP contribution in [0.2, 0.25) is 0 Å². The van der Waals surface area contributed by atoms with Crippen molar-refractivity contribution < 1.29 is 14.6 Å². The Kier molecular flexibility index (Phi) is 7.33. The lowest BCUT2D eigenvalue weighted by Gasteiger charge is -2.41. The number of carbonyl (C=O) groups is 1. The molecule has 1 saturated carbocycles. The van der Waals surface area contributed by atoms with Crippen LogP contribution in [0.4, 0.5) is 0 Å². The Hall–Kier alpha value is -0.610. The summed E-state index contributed by atoms with van der Waals surface area (Å²) in [5.74, 6) is 0.684. The Morgan fingerprint density at radius 3 is 2.45 bits per heavy atom. The van der Waals surface area contributed by atoms with Crippen molar-refractivity contribution in [1.29, 1.82) is 0 Å². The minimum absolute atomic E-state index is 0.0235. The third-order valence-corrected chi connectivity index (χ3v) is 5.17. The standard InChI is InChI=1S/C18H35NO3/c1-14(7-6-12-22-5)16(20)19-13-18(21)10-8-15(9-11-18)17(2,3)4/h14-15,21H,6-13H2,1-5H3,(H,19,20). The highest BCUT2D eigenvalue weighted by Gasteiger charge is 2.37. The van der Waals surface area contributed by atoms with Gasteiger partial charge in [0.05, 0.1) is 5.60 Å². The Morgan fingerprint density at radius 2 is 1.95 bits per heavy atom. The first-order valence-electron chi connectivity index (χ1n) is 8.67. The van der Waals surface area contributed by atoms with Crippen LogP contribution in [0.3, 0.4) is 0 Å². The summed E-state index contributed by atoms with van der Waals surface area (Å²) in [4.78, 5) is 12.1. The van der Waals surface area contributed by atoms with Gasteiger partial charge in [0.2, 0.25) is 5.91 Å². The Bertz CT molecular complexity index is 341. The summed E-state index contributed by atoms with van der Waals surface area (Å²) in [5.41, 5.74) is -0.413. The van der Waals surface area contributed by atoms with Crippen molar-refractivity contribution in [3.8, 4) is 0 Å². The van der Waals surface area contributed by atoms with Gasteiger partial charge >= 0.3 is 0 Å². The molecular formula is C18H35NO3. The molecular weight excluding hydrogens is 278 g/mol. The lowest BCUT2D eigenvalue weighted by molar-refractivity contribution is -0.126. The maximum absolute atomic E-state index is 12.1. The van der Waals surface area contributed by atoms with E-state index in [1.807, 2.05) is 6.92 Å². The van der Waals surface area contributed by atoms with Gasteiger partial charge in [0.15, 0.2) is 0 Å². The molecule has 4 nitrogen and oxygen atoms in total. The van der Waals surface area contributed by atoms with E-state index >= 15 is 0 Å². The summed E-state index contributed by atoms with van der Waals surface area (Å²) < 4.78 is 5.01. The topological polar surface area (TPSA) is 58.6 Å². The molecule has 0 spiro atoms. The highest BCUT2D eigenvalue weighted by Crippen LogP contribution is 2.41. The van der Waals surface area contributed by atoms with Crippen molar-refractivity contribution in [1.82, 2.24) is 5.32 Å². The van der Waals surface area contributed by atoms with Gasteiger partial charge in [-0.1, -0.05) is 27.7 Å². The van der Waals surface area contributed by atoms with Gasteiger partial charge in [-0.15, -0.1) is 0 Å². The lowest BCUT2D eigenvalue weighted by Crippen LogP contribution is -2.47. The zero-order valence-corrected chi connectivity index (χ0v) is 15.1. The fraction of sp³-hybridized carbons (Fsp3) is 0.944. The normalized spacial score (nSPS) is 27.5. The Morgan fingerprint density at radius 1 is 1.36 bits per heavy atom. The highest BCUT2D eigenvalue weighted by molar-refractivity contribution is 5.78. The molecule has 0 aromatic rings. The van der Waals surface area contributed by atoms with E-state index in [-0.39, 0.29) is 11.8 Å². The molecule has 22 heavy (non-hydrogen) atoms. The number of carbonyl (C=O) groups excluding carboxylic acids is 1. The van der Waals surface area contributed by atoms with E-state index in [1.165, 1.54) is 0 Å². The van der Waals surface area contributed by atoms with Crippen LogP contribution in [0, 0.1) is 17.3 Å². The van der Waals surface area contributed by atoms with E-state index in [2.05, 4.69) is 26.1 Å². The van der Waals surface area contributed by atoms with Crippen LogP contribution in [-0.4, -0.2) is 36.9 Å². The lowest BCUT2D eigenvalue weighted by atomic mass is 9.68. The van der Waals surface area contributed by atoms with Gasteiger partial charge in [-0.3, -0.25) is 4.79 Å². The molecule has 1 aliphatic rings. The van der Waals surface area contributed by atoms with Crippen LogP contribution in [0.5, 0.6) is 0 Å². The van der Waals surface area contributed by atoms with Crippen LogP contribution >= 0.6 is 0 Å². The molecule has 0 aliphatic heterocycles. The third kappa shape index (κ3) is 6.25. The molecule has 2 N–H and O–H groups in total. The Labute approximate surface area is 136 Å². The molecule has 0 heterocycles. The van der Waals surface area contributed by atoms with Crippen molar-refractivity contribution in [3.63, 3.8) is 0 Å². The fourth-order valence-corrected chi connectivity index (χ4v) is 3.29. The molecule has 0 aromatic carbocycles. The SMILES string of the molecule is COCCCC(C)C(=O)NCC1(O)CCC(C(C)(C)C)CC1. The first-order chi connectivity index (χ1) is 10.2. The van der Waals surface area contributed by atoms with Crippen LogP contribution in [0.25, 0.3) is 0 Å². The van der Waals surface area contributed by atoms with Gasteiger partial charge in [0.25, 0.3) is 0 Å². The van der Waals surface area contributed by atoms with Crippen LogP contribution in [0.15, 0.2) is 0 Å². The van der Waals surface area contributed by atoms with Crippen molar-refractivity contribution >= 4 is 5.91 Å². The quantitative estimate of drug-likeness (QED) is 0.710. The largest absolute Gasteiger partial charge is 0.388 e. The van der Waals surface area contributed by atoms with Crippen LogP contribution in [0.1, 0.15) is 66.2 Å². The first kappa shape index (κ1) is 19.4. The number of methoxy groups -OCH3 is 1. The molecule has 0 bridgehead atoms. The van der Waals surface area contributed by atoms with E-state index < -0.39 is 5.60 Å². The second-order valence-electron chi connectivity index (χ2n) is 8.12. The number of nitrogens with one attached hydrogen (secondary N) is 1. The summed E-state index contributed by atoms with van der Waals surface area (Å²) in [5, 5.41) is 13.6. The fourth-order valence-electron chi connectivity index (χ4n) is 3.29. The maximum Gasteiger partial charge on any atom is 0.222 e. The zero-order valence-electron chi connectivity index (χ0n) is 15.1. The molecule has 4 heteroatoms. The van der Waals surface area contributed by atoms with Crippen molar-refractivity contribution in [2.45, 2.75) is 71.8 Å². The molecule has 1 atom stereocenters. The minimum atomic E-state index is -0.719. The Balaban J connectivity index is 2.33. The van der Waals surface area contributed by atoms with E-state index in [0.29, 0.717) is 24.5 Å². The maximum atomic E-state index is 12.1. The summed E-state index contributed by atoms with van der Waals surface area (Å²) in [6, 6.07) is 0. The molecule has 1 fully saturated rings. The summed E-state index contributed by atoms with van der Waals surface area (Å²) in [6.07, 6.45) is 5.37. The number of hydrogen-bond donors (Lipinski definition) is 2. The summed E-state index contributed by atoms with van der Waals surface area (Å²) >= 11 is 0. The van der Waals surface area contributed by atoms with Gasteiger partial charge in [0, 0.05) is 26.2 Å². The number of hydrogen-bond acceptors (Lipinski definition) is 3. The van der Waals surface area contributed by atoms with Gasteiger partial charge in [-0.25, -0.2) is 0 Å². The molecule has 0 aromatic heterocycles. The van der Waals surface area contributed by atoms with Gasteiger partial charge in [-0.05, 0) is 49.9 Å². The van der Waals surface area contributed by atoms with Gasteiger partial charge in [-0.2, -0.15) is 0 Å². The highest BCUT2D eigenvalue weighted by atomic mass is 16.5. The van der Waals surface area contributed by atoms with Crippen LogP contribution < -0.4 is 5.32 Å². The second-order valence-corrected chi connectivity index (χ2v) is 8.12. The molecule has 0 saturated heterocycles. The molecule has 0 radical (unpaired) electrons. The minimum Gasteiger partial charge on any atom is -0.388 e. The van der Waals surface area contributed by atoms with E-state index in [9.17, 15) is 9.90 Å². The number of ether oxygens (including phenoxy) is 1. The molecule has 1 rings (SSSR count). The molecule has 1 aliphatic carbocycles. The molecule has 1 amide bonds. The second kappa shape index (κ2) is 8.30. The van der Waals surface area contributed by atoms with E-state index in [1.54, 1.807) is 7.11 Å². The van der Waals surface area contributed by atoms with Crippen LogP contribution in [-0.2, 0) is 9.53 Å². The molecule has 130 valence electrons. The monoisotopic (exact) mass is 313 g/mol.